The molecule has 0 fully saturated rings. The predicted molar refractivity (Wildman–Crippen MR) is 130 cm³/mol. The first-order valence-electron chi connectivity index (χ1n) is 9.38. The first kappa shape index (κ1) is 23.7. The van der Waals surface area contributed by atoms with Crippen molar-refractivity contribution in [2.24, 2.45) is 10.2 Å². The molecule has 1 heterocycles. The van der Waals surface area contributed by atoms with Crippen molar-refractivity contribution in [3.05, 3.63) is 78.6 Å². The van der Waals surface area contributed by atoms with E-state index in [1.54, 1.807) is 30.3 Å². The van der Waals surface area contributed by atoms with Crippen LogP contribution in [0.25, 0.3) is 10.9 Å². The van der Waals surface area contributed by atoms with Gasteiger partial charge in [0.25, 0.3) is 0 Å². The number of benzene rings is 3. The minimum atomic E-state index is -4.91. The number of nitrogens with zero attached hydrogens (tertiary/aromatic N) is 4. The van der Waals surface area contributed by atoms with Gasteiger partial charge < -0.3 is 0 Å². The monoisotopic (exact) mass is 565 g/mol. The molecule has 0 atom stereocenters. The molecule has 3 aromatic carbocycles. The summed E-state index contributed by atoms with van der Waals surface area (Å²) in [5, 5.41) is 12.2. The molecule has 0 aliphatic heterocycles. The molecule has 33 heavy (non-hydrogen) atoms. The number of aromatic nitrogens is 2. The zero-order chi connectivity index (χ0) is 23.6. The average molecular weight is 567 g/mol. The zero-order valence-electron chi connectivity index (χ0n) is 16.6. The second-order valence-electron chi connectivity index (χ2n) is 6.84. The van der Waals surface area contributed by atoms with Gasteiger partial charge in [0.05, 0.1) is 5.52 Å². The predicted octanol–water partition coefficient (Wildman–Crippen LogP) is 5.18. The molecule has 1 aromatic heterocycles. The van der Waals surface area contributed by atoms with Crippen molar-refractivity contribution in [2.75, 3.05) is 5.32 Å². The molecule has 0 aliphatic carbocycles. The molecule has 12 heteroatoms. The molecular weight excluding hydrogens is 552 g/mol. The van der Waals surface area contributed by atoms with Crippen LogP contribution in [0.2, 0.25) is 0 Å². The van der Waals surface area contributed by atoms with Crippen LogP contribution in [0.5, 0.6) is 0 Å². The summed E-state index contributed by atoms with van der Waals surface area (Å²) in [4.78, 5) is 8.69. The summed E-state index contributed by atoms with van der Waals surface area (Å²) in [6, 6.07) is 20.1. The number of fused-ring (bicyclic) bond motifs is 1. The van der Waals surface area contributed by atoms with Crippen LogP contribution in [-0.2, 0) is 7.53 Å². The van der Waals surface area contributed by atoms with E-state index in [-0.39, 0.29) is 10.2 Å². The summed E-state index contributed by atoms with van der Waals surface area (Å²) >= 11 is 13.1. The van der Waals surface area contributed by atoms with Crippen molar-refractivity contribution in [2.45, 2.75) is 3.79 Å². The van der Waals surface area contributed by atoms with Gasteiger partial charge in [-0.1, -0.05) is 46.9 Å². The van der Waals surface area contributed by atoms with Gasteiger partial charge in [-0.2, -0.15) is 0 Å². The van der Waals surface area contributed by atoms with E-state index in [1.165, 1.54) is 24.3 Å². The van der Waals surface area contributed by atoms with E-state index in [0.29, 0.717) is 22.7 Å². The van der Waals surface area contributed by atoms with Gasteiger partial charge in [0.1, 0.15) is 0 Å². The van der Waals surface area contributed by atoms with Crippen molar-refractivity contribution in [3.8, 4) is 0 Å². The molecule has 8 nitrogen and oxygen atoms in total. The van der Waals surface area contributed by atoms with Gasteiger partial charge in [-0.05, 0) is 12.1 Å². The van der Waals surface area contributed by atoms with Crippen molar-refractivity contribution in [1.29, 1.82) is 0 Å². The minimum absolute atomic E-state index is 0.0161. The van der Waals surface area contributed by atoms with Crippen LogP contribution in [0.1, 0.15) is 5.82 Å². The van der Waals surface area contributed by atoms with Gasteiger partial charge in [-0.15, -0.1) is 0 Å². The van der Waals surface area contributed by atoms with E-state index in [0.717, 1.165) is 11.1 Å². The first-order valence-corrected chi connectivity index (χ1v) is 13.9. The van der Waals surface area contributed by atoms with E-state index in [2.05, 4.69) is 25.5 Å². The molecule has 0 saturated carbocycles. The number of para-hydroxylation sites is 1. The fourth-order valence-corrected chi connectivity index (χ4v) is 4.26. The number of hydrogen-bond donors (Lipinski definition) is 3. The summed E-state index contributed by atoms with van der Waals surface area (Å²) < 4.78 is 27.9. The molecule has 0 bridgehead atoms. The van der Waals surface area contributed by atoms with Crippen LogP contribution in [0, 0.1) is 0 Å². The summed E-state index contributed by atoms with van der Waals surface area (Å²) in [6.07, 6.45) is 0. The van der Waals surface area contributed by atoms with Crippen molar-refractivity contribution < 1.29 is 11.9 Å². The molecule has 4 aromatic rings. The number of halogens is 3. The second-order valence-corrected chi connectivity index (χ2v) is 12.5. The third-order valence-electron chi connectivity index (χ3n) is 4.45. The normalized spacial score (nSPS) is 12.4. The van der Waals surface area contributed by atoms with Gasteiger partial charge in [0, 0.05) is 5.39 Å². The molecular formula is C21H15AsCl3N5O3. The van der Waals surface area contributed by atoms with E-state index < -0.39 is 18.0 Å². The molecule has 0 spiro atoms. The Kier molecular flexibility index (Phi) is 6.77. The summed E-state index contributed by atoms with van der Waals surface area (Å²) in [7, 11) is 0. The van der Waals surface area contributed by atoms with Crippen LogP contribution in [-0.4, -0.2) is 32.3 Å². The van der Waals surface area contributed by atoms with Gasteiger partial charge in [0.15, 0.2) is 5.82 Å². The average Bonchev–Trinajstić information content (AvgIpc) is 2.77. The fourth-order valence-electron chi connectivity index (χ4n) is 2.88. The number of alkyl halides is 3. The van der Waals surface area contributed by atoms with Crippen LogP contribution in [0.15, 0.2) is 83.0 Å². The molecule has 3 N–H and O–H groups in total. The van der Waals surface area contributed by atoms with E-state index >= 15 is 0 Å². The number of rotatable bonds is 5. The van der Waals surface area contributed by atoms with Crippen LogP contribution in [0.3, 0.4) is 0 Å². The fraction of sp³-hybridized carbons (Fsp3) is 0.0476. The molecule has 0 aliphatic rings. The van der Waals surface area contributed by atoms with Gasteiger partial charge in [-0.3, -0.25) is 0 Å². The third-order valence-corrected chi connectivity index (χ3v) is 7.00. The molecule has 0 amide bonds. The number of hydrogen-bond acceptors (Lipinski definition) is 6. The Hall–Kier alpha value is -2.45. The Bertz CT molecular complexity index is 1370. The molecule has 0 saturated heterocycles. The topological polar surface area (TPSA) is 120 Å². The van der Waals surface area contributed by atoms with E-state index in [9.17, 15) is 11.9 Å². The van der Waals surface area contributed by atoms with Crippen LogP contribution < -0.4 is 9.67 Å². The SMILES string of the molecule is O=[As](O)(O)c1ccc(N=Nc2ccc(Nc3nc(C(Cl)(Cl)Cl)nc4ccccc34)cc2)cc1. The Morgan fingerprint density at radius 1 is 0.818 bits per heavy atom. The van der Waals surface area contributed by atoms with Crippen molar-refractivity contribution in [3.63, 3.8) is 0 Å². The first-order chi connectivity index (χ1) is 15.6. The maximum absolute atomic E-state index is 11.3. The van der Waals surface area contributed by atoms with Crippen molar-refractivity contribution >= 4 is 87.1 Å². The standard InChI is InChI=1S/C21H15AsCl3N5O3/c23-21(24,25)20-27-18-4-2-1-3-17(18)19(28-20)26-14-9-11-16(12-10-14)30-29-15-7-5-13(6-8-15)22(31,32)33/h1-12H,(H,26,27,28)(H2,31,32,33). The van der Waals surface area contributed by atoms with E-state index in [4.69, 9.17) is 34.8 Å². The Morgan fingerprint density at radius 2 is 1.39 bits per heavy atom. The Balaban J connectivity index is 1.54. The summed E-state index contributed by atoms with van der Waals surface area (Å²) in [5.74, 6) is 0.549. The maximum atomic E-state index is 11.3. The van der Waals surface area contributed by atoms with Crippen LogP contribution >= 0.6 is 34.8 Å². The quantitative estimate of drug-likeness (QED) is 0.174. The zero-order valence-corrected chi connectivity index (χ0v) is 20.7. The third kappa shape index (κ3) is 5.92. The molecule has 0 radical (unpaired) electrons. The number of nitrogens with one attached hydrogen (secondary N) is 1. The number of azo groups is 1. The molecule has 4 rings (SSSR count). The second kappa shape index (κ2) is 9.43. The Labute approximate surface area is 206 Å². The van der Waals surface area contributed by atoms with Crippen LogP contribution in [0.4, 0.5) is 22.9 Å². The van der Waals surface area contributed by atoms with Gasteiger partial charge >= 0.3 is 117 Å². The van der Waals surface area contributed by atoms with Gasteiger partial charge in [-0.25, -0.2) is 9.97 Å². The molecule has 168 valence electrons. The molecule has 0 unspecified atom stereocenters. The van der Waals surface area contributed by atoms with Crippen molar-refractivity contribution in [1.82, 2.24) is 9.97 Å². The Morgan fingerprint density at radius 3 is 1.97 bits per heavy atom. The summed E-state index contributed by atoms with van der Waals surface area (Å²) in [5.41, 5.74) is 2.41. The number of anilines is 2. The summed E-state index contributed by atoms with van der Waals surface area (Å²) in [6.45, 7) is 0. The van der Waals surface area contributed by atoms with E-state index in [1.807, 2.05) is 18.2 Å². The van der Waals surface area contributed by atoms with Gasteiger partial charge in [0.2, 0.25) is 3.79 Å².